The third kappa shape index (κ3) is 5.79. The molecule has 0 aliphatic carbocycles. The van der Waals surface area contributed by atoms with Crippen molar-refractivity contribution in [2.24, 2.45) is 0 Å². The van der Waals surface area contributed by atoms with Crippen LogP contribution >= 0.6 is 0 Å². The van der Waals surface area contributed by atoms with Gasteiger partial charge in [-0.2, -0.15) is 13.7 Å². The van der Waals surface area contributed by atoms with Gasteiger partial charge in [0.25, 0.3) is 10.2 Å². The molecule has 0 rings (SSSR count). The number of rotatable bonds is 5. The second-order valence-electron chi connectivity index (χ2n) is 1.86. The van der Waals surface area contributed by atoms with Crippen LogP contribution in [-0.4, -0.2) is 22.0 Å². The topological polar surface area (TPSA) is 82.0 Å². The van der Waals surface area contributed by atoms with Crippen LogP contribution in [0, 0.1) is 11.3 Å². The van der Waals surface area contributed by atoms with Crippen LogP contribution in [0.25, 0.3) is 0 Å². The molecule has 0 saturated heterocycles. The highest BCUT2D eigenvalue weighted by molar-refractivity contribution is 7.87. The van der Waals surface area contributed by atoms with Gasteiger partial charge < -0.3 is 0 Å². The van der Waals surface area contributed by atoms with Gasteiger partial charge in [-0.25, -0.2) is 9.44 Å². The molecule has 0 aromatic carbocycles. The Morgan fingerprint density at radius 2 is 2.18 bits per heavy atom. The van der Waals surface area contributed by atoms with Gasteiger partial charge in [-0.15, -0.1) is 0 Å². The summed E-state index contributed by atoms with van der Waals surface area (Å²) in [6.45, 7) is 0.302. The van der Waals surface area contributed by atoms with Gasteiger partial charge in [0, 0.05) is 20.0 Å². The van der Waals surface area contributed by atoms with Crippen molar-refractivity contribution in [3.63, 3.8) is 0 Å². The summed E-state index contributed by atoms with van der Waals surface area (Å²) in [6, 6.07) is 1.92. The van der Waals surface area contributed by atoms with Crippen LogP contribution < -0.4 is 9.44 Å². The van der Waals surface area contributed by atoms with Crippen molar-refractivity contribution in [1.29, 1.82) is 5.26 Å². The maximum atomic E-state index is 10.7. The van der Waals surface area contributed by atoms with Crippen LogP contribution in [0.1, 0.15) is 12.8 Å². The predicted octanol–water partition coefficient (Wildman–Crippen LogP) is -0.656. The van der Waals surface area contributed by atoms with E-state index < -0.39 is 10.2 Å². The number of hydrogen-bond acceptors (Lipinski definition) is 3. The van der Waals surface area contributed by atoms with E-state index in [1.54, 1.807) is 0 Å². The van der Waals surface area contributed by atoms with Gasteiger partial charge in [-0.05, 0) is 6.42 Å². The molecule has 0 heterocycles. The number of nitriles is 1. The molecule has 5 nitrogen and oxygen atoms in total. The summed E-state index contributed by atoms with van der Waals surface area (Å²) < 4.78 is 25.7. The lowest BCUT2D eigenvalue weighted by Gasteiger charge is -2.01. The first-order valence-electron chi connectivity index (χ1n) is 3.17. The largest absolute Gasteiger partial charge is 0.276 e. The second-order valence-corrected chi connectivity index (χ2v) is 3.57. The van der Waals surface area contributed by atoms with Gasteiger partial charge in [-0.1, -0.05) is 0 Å². The zero-order chi connectivity index (χ0) is 8.74. The minimum Gasteiger partial charge on any atom is -0.205 e. The van der Waals surface area contributed by atoms with Crippen LogP contribution in [0.5, 0.6) is 0 Å². The highest BCUT2D eigenvalue weighted by Crippen LogP contribution is 1.83. The first-order valence-corrected chi connectivity index (χ1v) is 4.66. The van der Waals surface area contributed by atoms with Crippen molar-refractivity contribution in [3.8, 4) is 6.07 Å². The summed E-state index contributed by atoms with van der Waals surface area (Å²) in [5, 5.41) is 8.11. The highest BCUT2D eigenvalue weighted by atomic mass is 32.2. The quantitative estimate of drug-likeness (QED) is 0.547. The summed E-state index contributed by atoms with van der Waals surface area (Å²) in [6.07, 6.45) is 0.906. The van der Waals surface area contributed by atoms with E-state index in [0.29, 0.717) is 19.4 Å². The Morgan fingerprint density at radius 3 is 2.64 bits per heavy atom. The molecule has 0 aliphatic rings. The summed E-state index contributed by atoms with van der Waals surface area (Å²) in [7, 11) is -1.98. The zero-order valence-electron chi connectivity index (χ0n) is 6.29. The molecule has 0 unspecified atom stereocenters. The molecule has 6 heteroatoms. The fourth-order valence-corrected chi connectivity index (χ4v) is 1.00. The van der Waals surface area contributed by atoms with Gasteiger partial charge in [0.05, 0.1) is 6.07 Å². The van der Waals surface area contributed by atoms with Gasteiger partial charge >= 0.3 is 0 Å². The normalized spacial score (nSPS) is 10.9. The minimum atomic E-state index is -3.31. The molecule has 0 aliphatic heterocycles. The van der Waals surface area contributed by atoms with E-state index in [0.717, 1.165) is 0 Å². The summed E-state index contributed by atoms with van der Waals surface area (Å²) >= 11 is 0. The van der Waals surface area contributed by atoms with E-state index >= 15 is 0 Å². The average molecular weight is 177 g/mol. The lowest BCUT2D eigenvalue weighted by molar-refractivity contribution is 0.571. The summed E-state index contributed by atoms with van der Waals surface area (Å²) in [5.41, 5.74) is 0. The fourth-order valence-electron chi connectivity index (χ4n) is 0.446. The molecule has 0 amide bonds. The number of nitrogens with one attached hydrogen (secondary N) is 2. The zero-order valence-corrected chi connectivity index (χ0v) is 7.11. The Morgan fingerprint density at radius 1 is 1.55 bits per heavy atom. The highest BCUT2D eigenvalue weighted by Gasteiger charge is 2.02. The Kier molecular flexibility index (Phi) is 4.77. The van der Waals surface area contributed by atoms with Gasteiger partial charge in [-0.3, -0.25) is 0 Å². The van der Waals surface area contributed by atoms with Crippen molar-refractivity contribution in [3.05, 3.63) is 0 Å². The molecule has 0 aromatic heterocycles. The third-order valence-corrected chi connectivity index (χ3v) is 2.15. The molecule has 64 valence electrons. The fraction of sp³-hybridized carbons (Fsp3) is 0.800. The smallest absolute Gasteiger partial charge is 0.205 e. The van der Waals surface area contributed by atoms with Crippen LogP contribution in [0.3, 0.4) is 0 Å². The standard InChI is InChI=1S/C5H11N3O2S/c1-7-11(9,10)8-5-3-2-4-6/h7-8H,2-3,5H2,1H3. The first kappa shape index (κ1) is 10.4. The molecule has 0 radical (unpaired) electrons. The van der Waals surface area contributed by atoms with Crippen LogP contribution in [0.15, 0.2) is 0 Å². The third-order valence-electron chi connectivity index (χ3n) is 1.03. The Labute approximate surface area is 66.6 Å². The van der Waals surface area contributed by atoms with E-state index in [1.807, 2.05) is 6.07 Å². The molecule has 0 bridgehead atoms. The van der Waals surface area contributed by atoms with Crippen LogP contribution in [0.2, 0.25) is 0 Å². The van der Waals surface area contributed by atoms with E-state index in [1.165, 1.54) is 7.05 Å². The molecule has 0 saturated carbocycles. The monoisotopic (exact) mass is 177 g/mol. The molecular weight excluding hydrogens is 166 g/mol. The molecular formula is C5H11N3O2S. The Balaban J connectivity index is 3.49. The first-order chi connectivity index (χ1) is 5.12. The Hall–Kier alpha value is -0.640. The lowest BCUT2D eigenvalue weighted by Crippen LogP contribution is -2.34. The maximum absolute atomic E-state index is 10.7. The van der Waals surface area contributed by atoms with E-state index in [2.05, 4.69) is 9.44 Å². The minimum absolute atomic E-state index is 0.302. The molecule has 2 N–H and O–H groups in total. The van der Waals surface area contributed by atoms with Crippen molar-refractivity contribution in [1.82, 2.24) is 9.44 Å². The number of unbranched alkanes of at least 4 members (excludes halogenated alkanes) is 1. The summed E-state index contributed by atoms with van der Waals surface area (Å²) in [4.78, 5) is 0. The lowest BCUT2D eigenvalue weighted by atomic mass is 10.3. The van der Waals surface area contributed by atoms with Crippen molar-refractivity contribution in [2.75, 3.05) is 13.6 Å². The average Bonchev–Trinajstić information content (AvgIpc) is 1.99. The molecule has 0 atom stereocenters. The number of hydrogen-bond donors (Lipinski definition) is 2. The van der Waals surface area contributed by atoms with Gasteiger partial charge in [0.2, 0.25) is 0 Å². The number of nitrogens with zero attached hydrogens (tertiary/aromatic N) is 1. The SMILES string of the molecule is CNS(=O)(=O)NCCCC#N. The van der Waals surface area contributed by atoms with Crippen molar-refractivity contribution < 1.29 is 8.42 Å². The molecule has 11 heavy (non-hydrogen) atoms. The van der Waals surface area contributed by atoms with Crippen molar-refractivity contribution in [2.45, 2.75) is 12.8 Å². The van der Waals surface area contributed by atoms with Crippen molar-refractivity contribution >= 4 is 10.2 Å². The maximum Gasteiger partial charge on any atom is 0.276 e. The van der Waals surface area contributed by atoms with Gasteiger partial charge in [0.15, 0.2) is 0 Å². The van der Waals surface area contributed by atoms with E-state index in [-0.39, 0.29) is 0 Å². The summed E-state index contributed by atoms with van der Waals surface area (Å²) in [5.74, 6) is 0. The molecule has 0 fully saturated rings. The van der Waals surface area contributed by atoms with E-state index in [4.69, 9.17) is 5.26 Å². The van der Waals surface area contributed by atoms with Crippen LogP contribution in [0.4, 0.5) is 0 Å². The molecule has 0 spiro atoms. The second kappa shape index (κ2) is 5.07. The Bertz CT molecular complexity index is 229. The van der Waals surface area contributed by atoms with Gasteiger partial charge in [0.1, 0.15) is 0 Å². The molecule has 0 aromatic rings. The van der Waals surface area contributed by atoms with E-state index in [9.17, 15) is 8.42 Å². The predicted molar refractivity (Wildman–Crippen MR) is 40.8 cm³/mol. The van der Waals surface area contributed by atoms with Crippen LogP contribution in [-0.2, 0) is 10.2 Å².